The van der Waals surface area contributed by atoms with Gasteiger partial charge in [0.1, 0.15) is 5.82 Å². The van der Waals surface area contributed by atoms with Gasteiger partial charge >= 0.3 is 0 Å². The SMILES string of the molecule is CCc1c(CC2CCOC2)nn(C)c1N. The molecule has 1 saturated heterocycles. The highest BCUT2D eigenvalue weighted by molar-refractivity contribution is 5.43. The van der Waals surface area contributed by atoms with Crippen molar-refractivity contribution >= 4 is 5.82 Å². The van der Waals surface area contributed by atoms with Gasteiger partial charge in [0.15, 0.2) is 0 Å². The number of ether oxygens (including phenoxy) is 1. The van der Waals surface area contributed by atoms with Crippen molar-refractivity contribution in [1.29, 1.82) is 0 Å². The fraction of sp³-hybridized carbons (Fsp3) is 0.727. The van der Waals surface area contributed by atoms with Gasteiger partial charge in [-0.25, -0.2) is 0 Å². The van der Waals surface area contributed by atoms with Crippen molar-refractivity contribution in [3.05, 3.63) is 11.3 Å². The van der Waals surface area contributed by atoms with Gasteiger partial charge in [-0.15, -0.1) is 0 Å². The topological polar surface area (TPSA) is 53.1 Å². The highest BCUT2D eigenvalue weighted by Crippen LogP contribution is 2.23. The van der Waals surface area contributed by atoms with E-state index in [-0.39, 0.29) is 0 Å². The smallest absolute Gasteiger partial charge is 0.124 e. The standard InChI is InChI=1S/C11H19N3O/c1-3-9-10(13-14(2)11(9)12)6-8-4-5-15-7-8/h8H,3-7,12H2,1-2H3. The third-order valence-electron chi connectivity index (χ3n) is 3.14. The molecule has 0 aliphatic carbocycles. The molecule has 0 bridgehead atoms. The molecule has 1 fully saturated rings. The van der Waals surface area contributed by atoms with E-state index in [1.165, 1.54) is 5.56 Å². The van der Waals surface area contributed by atoms with Crippen molar-refractivity contribution in [2.24, 2.45) is 13.0 Å². The highest BCUT2D eigenvalue weighted by atomic mass is 16.5. The first-order valence-electron chi connectivity index (χ1n) is 5.60. The summed E-state index contributed by atoms with van der Waals surface area (Å²) in [6, 6.07) is 0. The second-order valence-corrected chi connectivity index (χ2v) is 4.22. The van der Waals surface area contributed by atoms with Crippen molar-refractivity contribution in [3.63, 3.8) is 0 Å². The number of hydrogen-bond donors (Lipinski definition) is 1. The molecule has 15 heavy (non-hydrogen) atoms. The van der Waals surface area contributed by atoms with E-state index in [0.717, 1.165) is 44.0 Å². The monoisotopic (exact) mass is 209 g/mol. The number of aromatic nitrogens is 2. The molecule has 2 N–H and O–H groups in total. The number of rotatable bonds is 3. The molecule has 0 amide bonds. The lowest BCUT2D eigenvalue weighted by molar-refractivity contribution is 0.185. The Hall–Kier alpha value is -1.03. The summed E-state index contributed by atoms with van der Waals surface area (Å²) in [5.41, 5.74) is 8.33. The van der Waals surface area contributed by atoms with E-state index in [1.807, 2.05) is 7.05 Å². The first-order chi connectivity index (χ1) is 7.22. The molecular weight excluding hydrogens is 190 g/mol. The second kappa shape index (κ2) is 4.23. The van der Waals surface area contributed by atoms with Crippen LogP contribution in [-0.4, -0.2) is 23.0 Å². The number of anilines is 1. The van der Waals surface area contributed by atoms with Crippen LogP contribution in [0, 0.1) is 5.92 Å². The number of nitrogens with two attached hydrogens (primary N) is 1. The van der Waals surface area contributed by atoms with Crippen molar-refractivity contribution in [3.8, 4) is 0 Å². The van der Waals surface area contributed by atoms with Crippen LogP contribution in [0.2, 0.25) is 0 Å². The quantitative estimate of drug-likeness (QED) is 0.812. The van der Waals surface area contributed by atoms with Crippen molar-refractivity contribution in [2.45, 2.75) is 26.2 Å². The van der Waals surface area contributed by atoms with E-state index >= 15 is 0 Å². The minimum Gasteiger partial charge on any atom is -0.384 e. The Balaban J connectivity index is 2.15. The molecule has 0 aromatic carbocycles. The summed E-state index contributed by atoms with van der Waals surface area (Å²) in [4.78, 5) is 0. The Bertz CT molecular complexity index is 340. The largest absolute Gasteiger partial charge is 0.384 e. The van der Waals surface area contributed by atoms with Crippen molar-refractivity contribution in [1.82, 2.24) is 9.78 Å². The van der Waals surface area contributed by atoms with Crippen LogP contribution in [0.1, 0.15) is 24.6 Å². The highest BCUT2D eigenvalue weighted by Gasteiger charge is 2.20. The van der Waals surface area contributed by atoms with E-state index in [4.69, 9.17) is 10.5 Å². The second-order valence-electron chi connectivity index (χ2n) is 4.22. The van der Waals surface area contributed by atoms with Gasteiger partial charge in [-0.1, -0.05) is 6.92 Å². The molecule has 1 aliphatic rings. The van der Waals surface area contributed by atoms with Gasteiger partial charge in [-0.2, -0.15) is 5.10 Å². The minimum atomic E-state index is 0.629. The Labute approximate surface area is 90.4 Å². The molecule has 1 aromatic rings. The van der Waals surface area contributed by atoms with E-state index in [9.17, 15) is 0 Å². The normalized spacial score (nSPS) is 21.1. The molecule has 0 spiro atoms. The summed E-state index contributed by atoms with van der Waals surface area (Å²) in [6.45, 7) is 3.90. The maximum absolute atomic E-state index is 5.96. The van der Waals surface area contributed by atoms with Gasteiger partial charge < -0.3 is 10.5 Å². The molecule has 0 saturated carbocycles. The molecule has 1 aromatic heterocycles. The van der Waals surface area contributed by atoms with Gasteiger partial charge in [-0.05, 0) is 25.2 Å². The maximum atomic E-state index is 5.96. The predicted octanol–water partition coefficient (Wildman–Crippen LogP) is 1.14. The average molecular weight is 209 g/mol. The van der Waals surface area contributed by atoms with E-state index < -0.39 is 0 Å². The van der Waals surface area contributed by atoms with E-state index in [1.54, 1.807) is 4.68 Å². The zero-order valence-corrected chi connectivity index (χ0v) is 9.49. The molecule has 84 valence electrons. The van der Waals surface area contributed by atoms with Crippen LogP contribution in [0.4, 0.5) is 5.82 Å². The third-order valence-corrected chi connectivity index (χ3v) is 3.14. The lowest BCUT2D eigenvalue weighted by Gasteiger charge is -2.05. The Morgan fingerprint density at radius 1 is 1.60 bits per heavy atom. The molecule has 4 nitrogen and oxygen atoms in total. The molecule has 0 radical (unpaired) electrons. The third kappa shape index (κ3) is 2.00. The Kier molecular flexibility index (Phi) is 2.95. The van der Waals surface area contributed by atoms with Crippen LogP contribution < -0.4 is 5.73 Å². The van der Waals surface area contributed by atoms with E-state index in [2.05, 4.69) is 12.0 Å². The van der Waals surface area contributed by atoms with Crippen LogP contribution in [0.25, 0.3) is 0 Å². The van der Waals surface area contributed by atoms with Crippen LogP contribution in [0.5, 0.6) is 0 Å². The number of nitrogen functional groups attached to an aromatic ring is 1. The summed E-state index contributed by atoms with van der Waals surface area (Å²) in [6.07, 6.45) is 3.12. The van der Waals surface area contributed by atoms with Crippen molar-refractivity contribution < 1.29 is 4.74 Å². The molecule has 1 unspecified atom stereocenters. The molecule has 2 rings (SSSR count). The van der Waals surface area contributed by atoms with Gasteiger partial charge in [0.05, 0.1) is 5.69 Å². The summed E-state index contributed by atoms with van der Waals surface area (Å²) in [5, 5.41) is 4.48. The zero-order chi connectivity index (χ0) is 10.8. The number of nitrogens with zero attached hydrogens (tertiary/aromatic N) is 2. The summed E-state index contributed by atoms with van der Waals surface area (Å²) >= 11 is 0. The minimum absolute atomic E-state index is 0.629. The predicted molar refractivity (Wildman–Crippen MR) is 59.6 cm³/mol. The lowest BCUT2D eigenvalue weighted by atomic mass is 9.99. The Morgan fingerprint density at radius 2 is 2.40 bits per heavy atom. The van der Waals surface area contributed by atoms with Gasteiger partial charge in [0, 0.05) is 25.8 Å². The van der Waals surface area contributed by atoms with Crippen LogP contribution in [0.3, 0.4) is 0 Å². The fourth-order valence-corrected chi connectivity index (χ4v) is 2.21. The molecule has 1 atom stereocenters. The van der Waals surface area contributed by atoms with Crippen molar-refractivity contribution in [2.75, 3.05) is 18.9 Å². The first-order valence-corrected chi connectivity index (χ1v) is 5.60. The number of hydrogen-bond acceptors (Lipinski definition) is 3. The maximum Gasteiger partial charge on any atom is 0.124 e. The fourth-order valence-electron chi connectivity index (χ4n) is 2.21. The van der Waals surface area contributed by atoms with Gasteiger partial charge in [0.2, 0.25) is 0 Å². The van der Waals surface area contributed by atoms with Crippen LogP contribution >= 0.6 is 0 Å². The molecule has 1 aliphatic heterocycles. The molecule has 4 heteroatoms. The average Bonchev–Trinajstić information content (AvgIpc) is 2.78. The molecule has 2 heterocycles. The van der Waals surface area contributed by atoms with Gasteiger partial charge in [0.25, 0.3) is 0 Å². The zero-order valence-electron chi connectivity index (χ0n) is 9.49. The van der Waals surface area contributed by atoms with Crippen LogP contribution in [0.15, 0.2) is 0 Å². The molecular formula is C11H19N3O. The number of aryl methyl sites for hydroxylation is 1. The summed E-state index contributed by atoms with van der Waals surface area (Å²) in [7, 11) is 1.91. The summed E-state index contributed by atoms with van der Waals surface area (Å²) < 4.78 is 7.16. The van der Waals surface area contributed by atoms with E-state index in [0.29, 0.717) is 5.92 Å². The summed E-state index contributed by atoms with van der Waals surface area (Å²) in [5.74, 6) is 1.44. The van der Waals surface area contributed by atoms with Crippen LogP contribution in [-0.2, 0) is 24.6 Å². The van der Waals surface area contributed by atoms with Gasteiger partial charge in [-0.3, -0.25) is 4.68 Å². The lowest BCUT2D eigenvalue weighted by Crippen LogP contribution is -2.06. The first kappa shape index (κ1) is 10.5. The Morgan fingerprint density at radius 3 is 3.00 bits per heavy atom.